The van der Waals surface area contributed by atoms with Crippen molar-refractivity contribution in [1.29, 1.82) is 0 Å². The molecule has 6 nitrogen and oxygen atoms in total. The first-order valence-corrected chi connectivity index (χ1v) is 8.54. The van der Waals surface area contributed by atoms with Gasteiger partial charge in [0.05, 0.1) is 0 Å². The van der Waals surface area contributed by atoms with Gasteiger partial charge in [-0.15, -0.1) is 0 Å². The highest BCUT2D eigenvalue weighted by molar-refractivity contribution is 7.89. The van der Waals surface area contributed by atoms with Gasteiger partial charge in [-0.3, -0.25) is 0 Å². The van der Waals surface area contributed by atoms with Gasteiger partial charge in [0.2, 0.25) is 10.0 Å². The van der Waals surface area contributed by atoms with Crippen LogP contribution in [-0.4, -0.2) is 37.7 Å². The predicted octanol–water partition coefficient (Wildman–Crippen LogP) is 1.97. The Morgan fingerprint density at radius 3 is 2.58 bits per heavy atom. The van der Waals surface area contributed by atoms with E-state index in [0.29, 0.717) is 5.00 Å². The highest BCUT2D eigenvalue weighted by Crippen LogP contribution is 2.32. The van der Waals surface area contributed by atoms with Crippen LogP contribution >= 0.6 is 11.5 Å². The zero-order valence-electron chi connectivity index (χ0n) is 11.6. The van der Waals surface area contributed by atoms with Gasteiger partial charge in [-0.2, -0.15) is 4.37 Å². The summed E-state index contributed by atoms with van der Waals surface area (Å²) < 4.78 is 29.4. The van der Waals surface area contributed by atoms with Crippen molar-refractivity contribution in [2.75, 3.05) is 31.7 Å². The number of unbranched alkanes of at least 4 members (excludes halogenated alkanes) is 3. The zero-order chi connectivity index (χ0) is 14.5. The van der Waals surface area contributed by atoms with Crippen LogP contribution in [0, 0.1) is 0 Å². The molecule has 0 bridgehead atoms. The summed E-state index contributed by atoms with van der Waals surface area (Å²) in [7, 11) is -0.581. The number of anilines is 2. The van der Waals surface area contributed by atoms with Crippen molar-refractivity contribution < 1.29 is 8.42 Å². The molecule has 0 aromatic carbocycles. The number of nitrogens with one attached hydrogen (secondary N) is 1. The molecule has 0 unspecified atom stereocenters. The molecule has 110 valence electrons. The quantitative estimate of drug-likeness (QED) is 0.717. The van der Waals surface area contributed by atoms with Crippen LogP contribution in [0.25, 0.3) is 0 Å². The number of nitrogens with zero attached hydrogens (tertiary/aromatic N) is 2. The van der Waals surface area contributed by atoms with Gasteiger partial charge in [-0.1, -0.05) is 26.2 Å². The van der Waals surface area contributed by atoms with E-state index in [1.54, 1.807) is 0 Å². The lowest BCUT2D eigenvalue weighted by atomic mass is 10.2. The number of nitrogen functional groups attached to an aromatic ring is 1. The molecule has 0 radical (unpaired) electrons. The summed E-state index contributed by atoms with van der Waals surface area (Å²) in [4.78, 5) is 0.0954. The van der Waals surface area contributed by atoms with E-state index >= 15 is 0 Å². The first-order valence-electron chi connectivity index (χ1n) is 6.32. The number of hydrogen-bond donors (Lipinski definition) is 2. The molecular formula is C11H22N4O2S2. The molecule has 0 aliphatic carbocycles. The molecular weight excluding hydrogens is 284 g/mol. The average Bonchev–Trinajstić information content (AvgIpc) is 2.70. The molecule has 19 heavy (non-hydrogen) atoms. The molecule has 0 fully saturated rings. The van der Waals surface area contributed by atoms with E-state index in [2.05, 4.69) is 16.6 Å². The molecule has 1 rings (SSSR count). The van der Waals surface area contributed by atoms with Gasteiger partial charge in [0, 0.05) is 20.6 Å². The summed E-state index contributed by atoms with van der Waals surface area (Å²) in [6.07, 6.45) is 4.50. The van der Waals surface area contributed by atoms with Gasteiger partial charge >= 0.3 is 0 Å². The molecule has 1 heterocycles. The van der Waals surface area contributed by atoms with E-state index in [1.807, 2.05) is 0 Å². The first-order chi connectivity index (χ1) is 8.91. The van der Waals surface area contributed by atoms with E-state index in [-0.39, 0.29) is 10.7 Å². The lowest BCUT2D eigenvalue weighted by Gasteiger charge is -2.12. The van der Waals surface area contributed by atoms with Crippen molar-refractivity contribution in [3.8, 4) is 0 Å². The highest BCUT2D eigenvalue weighted by atomic mass is 32.2. The number of hydrogen-bond acceptors (Lipinski definition) is 6. The fourth-order valence-corrected chi connectivity index (χ4v) is 3.69. The summed E-state index contributed by atoms with van der Waals surface area (Å²) in [5, 5.41) is 3.65. The van der Waals surface area contributed by atoms with E-state index in [1.165, 1.54) is 26.9 Å². The van der Waals surface area contributed by atoms with Gasteiger partial charge in [-0.25, -0.2) is 12.7 Å². The maximum atomic E-state index is 12.1. The molecule has 1 aromatic heterocycles. The zero-order valence-corrected chi connectivity index (χ0v) is 13.3. The topological polar surface area (TPSA) is 88.3 Å². The van der Waals surface area contributed by atoms with E-state index in [0.717, 1.165) is 35.2 Å². The van der Waals surface area contributed by atoms with Gasteiger partial charge in [-0.05, 0) is 18.0 Å². The van der Waals surface area contributed by atoms with Crippen molar-refractivity contribution in [2.24, 2.45) is 0 Å². The Hall–Kier alpha value is -0.860. The number of aromatic nitrogens is 1. The minimum Gasteiger partial charge on any atom is -0.382 e. The molecule has 0 spiro atoms. The van der Waals surface area contributed by atoms with Crippen molar-refractivity contribution in [1.82, 2.24) is 8.68 Å². The van der Waals surface area contributed by atoms with Crippen LogP contribution in [0.1, 0.15) is 32.6 Å². The lowest BCUT2D eigenvalue weighted by Crippen LogP contribution is -2.23. The number of sulfonamides is 1. The maximum absolute atomic E-state index is 12.1. The maximum Gasteiger partial charge on any atom is 0.249 e. The third-order valence-corrected chi connectivity index (χ3v) is 5.57. The second-order valence-corrected chi connectivity index (χ2v) is 7.36. The predicted molar refractivity (Wildman–Crippen MR) is 80.0 cm³/mol. The Balaban J connectivity index is 2.76. The second-order valence-electron chi connectivity index (χ2n) is 4.50. The summed E-state index contributed by atoms with van der Waals surface area (Å²) in [5.74, 6) is 0.0646. The van der Waals surface area contributed by atoms with E-state index in [4.69, 9.17) is 5.73 Å². The molecule has 0 atom stereocenters. The van der Waals surface area contributed by atoms with Crippen molar-refractivity contribution in [3.05, 3.63) is 0 Å². The van der Waals surface area contributed by atoms with E-state index < -0.39 is 10.0 Å². The fraction of sp³-hybridized carbons (Fsp3) is 0.727. The standard InChI is InChI=1S/C11H22N4O2S2/c1-4-5-6-7-8-13-11-9(10(12)14-18-11)19(16,17)15(2)3/h13H,4-8H2,1-3H3,(H2,12,14). The van der Waals surface area contributed by atoms with Crippen LogP contribution in [0.3, 0.4) is 0 Å². The normalized spacial score (nSPS) is 12.0. The molecule has 0 amide bonds. The van der Waals surface area contributed by atoms with Crippen LogP contribution in [0.2, 0.25) is 0 Å². The molecule has 0 aliphatic rings. The largest absolute Gasteiger partial charge is 0.382 e. The molecule has 3 N–H and O–H groups in total. The molecule has 0 saturated carbocycles. The first kappa shape index (κ1) is 16.2. The average molecular weight is 306 g/mol. The minimum atomic E-state index is -3.55. The summed E-state index contributed by atoms with van der Waals surface area (Å²) >= 11 is 1.09. The van der Waals surface area contributed by atoms with Crippen LogP contribution < -0.4 is 11.1 Å². The third-order valence-electron chi connectivity index (χ3n) is 2.73. The summed E-state index contributed by atoms with van der Waals surface area (Å²) in [6, 6.07) is 0. The minimum absolute atomic E-state index is 0.0646. The van der Waals surface area contributed by atoms with Crippen LogP contribution in [-0.2, 0) is 10.0 Å². The Bertz CT molecular complexity index is 497. The summed E-state index contributed by atoms with van der Waals surface area (Å²) in [5.41, 5.74) is 5.67. The lowest BCUT2D eigenvalue weighted by molar-refractivity contribution is 0.521. The summed E-state index contributed by atoms with van der Waals surface area (Å²) in [6.45, 7) is 2.89. The van der Waals surface area contributed by atoms with Gasteiger partial charge in [0.25, 0.3) is 0 Å². The third kappa shape index (κ3) is 4.05. The van der Waals surface area contributed by atoms with Gasteiger partial charge in [0.1, 0.15) is 5.00 Å². The SMILES string of the molecule is CCCCCCNc1snc(N)c1S(=O)(=O)N(C)C. The molecule has 0 aliphatic heterocycles. The smallest absolute Gasteiger partial charge is 0.249 e. The fourth-order valence-electron chi connectivity index (χ4n) is 1.59. The van der Waals surface area contributed by atoms with E-state index in [9.17, 15) is 8.42 Å². The Labute approximate surface area is 119 Å². The Morgan fingerprint density at radius 1 is 1.32 bits per heavy atom. The Morgan fingerprint density at radius 2 is 2.00 bits per heavy atom. The monoisotopic (exact) mass is 306 g/mol. The number of rotatable bonds is 8. The molecule has 0 saturated heterocycles. The van der Waals surface area contributed by atoms with Crippen LogP contribution in [0.5, 0.6) is 0 Å². The van der Waals surface area contributed by atoms with Crippen molar-refractivity contribution in [2.45, 2.75) is 37.5 Å². The van der Waals surface area contributed by atoms with Gasteiger partial charge in [0.15, 0.2) is 10.7 Å². The molecule has 1 aromatic rings. The van der Waals surface area contributed by atoms with Crippen LogP contribution in [0.15, 0.2) is 4.90 Å². The van der Waals surface area contributed by atoms with Crippen LogP contribution in [0.4, 0.5) is 10.8 Å². The van der Waals surface area contributed by atoms with Gasteiger partial charge < -0.3 is 11.1 Å². The van der Waals surface area contributed by atoms with Crippen molar-refractivity contribution >= 4 is 32.4 Å². The Kier molecular flexibility index (Phi) is 6.02. The molecule has 8 heteroatoms. The van der Waals surface area contributed by atoms with Crippen molar-refractivity contribution in [3.63, 3.8) is 0 Å². The number of nitrogens with two attached hydrogens (primary N) is 1. The second kappa shape index (κ2) is 7.06. The highest BCUT2D eigenvalue weighted by Gasteiger charge is 2.27.